The maximum Gasteiger partial charge on any atom is 4.00 e. The van der Waals surface area contributed by atoms with Crippen molar-refractivity contribution in [2.45, 2.75) is 58.5 Å². The van der Waals surface area contributed by atoms with Gasteiger partial charge in [0.25, 0.3) is 0 Å². The van der Waals surface area contributed by atoms with Gasteiger partial charge in [-0.25, -0.2) is 0 Å². The zero-order chi connectivity index (χ0) is 31.0. The number of hydrogen-bond acceptors (Lipinski definition) is 0. The molecule has 236 valence electrons. The molecular weight excluding hydrogens is 700 g/mol. The first-order chi connectivity index (χ1) is 20.2. The molecule has 1 aliphatic rings. The second kappa shape index (κ2) is 15.4. The van der Waals surface area contributed by atoms with Gasteiger partial charge in [-0.3, -0.25) is 0 Å². The van der Waals surface area contributed by atoms with E-state index in [1.54, 1.807) is 12.1 Å². The second-order valence-corrected chi connectivity index (χ2v) is 13.2. The van der Waals surface area contributed by atoms with Gasteiger partial charge in [0.2, 0.25) is 0 Å². The molecule has 6 rings (SSSR count). The molecule has 0 heterocycles. The maximum atomic E-state index is 13.0. The summed E-state index contributed by atoms with van der Waals surface area (Å²) in [5.74, 6) is 0. The Morgan fingerprint density at radius 3 is 1.59 bits per heavy atom. The molecule has 6 heteroatoms. The first kappa shape index (κ1) is 39.4. The summed E-state index contributed by atoms with van der Waals surface area (Å²) in [7, 11) is 0. The van der Waals surface area contributed by atoms with Gasteiger partial charge in [0.05, 0.1) is 5.56 Å². The molecule has 0 amide bonds. The van der Waals surface area contributed by atoms with Gasteiger partial charge in [-0.15, -0.1) is 45.8 Å². The first-order valence-corrected chi connectivity index (χ1v) is 14.6. The van der Waals surface area contributed by atoms with Crippen LogP contribution < -0.4 is 24.8 Å². The number of allylic oxidation sites excluding steroid dienone is 5. The van der Waals surface area contributed by atoms with Crippen LogP contribution in [0.25, 0.3) is 27.1 Å². The summed E-state index contributed by atoms with van der Waals surface area (Å²) in [5.41, 5.74) is 5.48. The molecule has 0 saturated heterocycles. The van der Waals surface area contributed by atoms with E-state index in [-0.39, 0.29) is 61.8 Å². The van der Waals surface area contributed by atoms with Crippen LogP contribution in [0, 0.1) is 6.08 Å². The third-order valence-electron chi connectivity index (χ3n) is 7.85. The van der Waals surface area contributed by atoms with Gasteiger partial charge in [-0.2, -0.15) is 37.0 Å². The van der Waals surface area contributed by atoms with Crippen molar-refractivity contribution in [2.24, 2.45) is 0 Å². The van der Waals surface area contributed by atoms with Crippen LogP contribution in [0.1, 0.15) is 69.4 Å². The van der Waals surface area contributed by atoms with Crippen LogP contribution in [0.3, 0.4) is 0 Å². The molecule has 0 fully saturated rings. The fourth-order valence-corrected chi connectivity index (χ4v) is 5.35. The average molecular weight is 737 g/mol. The van der Waals surface area contributed by atoms with Crippen molar-refractivity contribution >= 4 is 27.1 Å². The largest absolute Gasteiger partial charge is 4.00 e. The van der Waals surface area contributed by atoms with Gasteiger partial charge in [0.1, 0.15) is 0 Å². The molecule has 0 atom stereocenters. The molecule has 0 aliphatic heterocycles. The SMILES string of the molecule is CC(C)(C)c1ccc2[cH-]c3ccc(C(C)(C)C)cc3c2c1.FC(F)(F)c1cccc(C(=C2[C-]=CC=C2)c2ccccc2)c1.[Cl-].[Cl-].[Zr+4]. The number of hydrogen-bond donors (Lipinski definition) is 0. The number of rotatable bonds is 2. The first-order valence-electron chi connectivity index (χ1n) is 14.6. The topological polar surface area (TPSA) is 0 Å². The molecule has 5 aromatic carbocycles. The summed E-state index contributed by atoms with van der Waals surface area (Å²) in [6.07, 6.45) is 4.15. The van der Waals surface area contributed by atoms with E-state index < -0.39 is 11.7 Å². The summed E-state index contributed by atoms with van der Waals surface area (Å²) in [5, 5.41) is 5.49. The van der Waals surface area contributed by atoms with Gasteiger partial charge < -0.3 is 24.8 Å². The summed E-state index contributed by atoms with van der Waals surface area (Å²) in [6.45, 7) is 13.7. The Balaban J connectivity index is 0.000000301. The number of halogens is 5. The van der Waals surface area contributed by atoms with E-state index in [9.17, 15) is 13.2 Å². The normalized spacial score (nSPS) is 13.8. The van der Waals surface area contributed by atoms with Crippen LogP contribution in [-0.2, 0) is 43.2 Å². The average Bonchev–Trinajstić information content (AvgIpc) is 3.60. The van der Waals surface area contributed by atoms with Crippen molar-refractivity contribution in [3.63, 3.8) is 0 Å². The minimum atomic E-state index is -4.35. The maximum absolute atomic E-state index is 13.0. The predicted molar refractivity (Wildman–Crippen MR) is 175 cm³/mol. The van der Waals surface area contributed by atoms with Crippen LogP contribution in [0.5, 0.6) is 0 Å². The van der Waals surface area contributed by atoms with E-state index in [2.05, 4.69) is 90.1 Å². The van der Waals surface area contributed by atoms with E-state index in [1.807, 2.05) is 42.5 Å². The van der Waals surface area contributed by atoms with Crippen molar-refractivity contribution in [1.29, 1.82) is 0 Å². The van der Waals surface area contributed by atoms with E-state index in [0.29, 0.717) is 5.56 Å². The quantitative estimate of drug-likeness (QED) is 0.203. The molecule has 0 spiro atoms. The standard InChI is InChI=1S/C21H25.C19H12F3.2ClH.Zr/c1-20(2,3)16-9-7-14-11-15-8-10-17(21(4,5)6)13-19(15)18(14)12-16;20-19(21,22)17-12-6-11-16(13-17)18(15-9-4-5-10-15)14-7-2-1-3-8-14;;;/h7-13H,1-6H3;1-9,11-13H;2*1H;/q2*-1;;;+4/p-2. The third kappa shape index (κ3) is 8.97. The number of fused-ring (bicyclic) bond motifs is 3. The number of benzene rings is 4. The zero-order valence-corrected chi connectivity index (χ0v) is 30.8. The number of alkyl halides is 3. The monoisotopic (exact) mass is 734 g/mol. The molecule has 1 aliphatic carbocycles. The fourth-order valence-electron chi connectivity index (χ4n) is 5.35. The molecule has 0 unspecified atom stereocenters. The van der Waals surface area contributed by atoms with Gasteiger partial charge in [0.15, 0.2) is 0 Å². The molecule has 0 N–H and O–H groups in total. The van der Waals surface area contributed by atoms with E-state index in [1.165, 1.54) is 44.8 Å². The Morgan fingerprint density at radius 1 is 0.609 bits per heavy atom. The molecule has 0 radical (unpaired) electrons. The van der Waals surface area contributed by atoms with Gasteiger partial charge in [-0.1, -0.05) is 148 Å². The Kier molecular flexibility index (Phi) is 13.2. The smallest absolute Gasteiger partial charge is 1.00 e. The summed E-state index contributed by atoms with van der Waals surface area (Å²) in [6, 6.07) is 30.9. The second-order valence-electron chi connectivity index (χ2n) is 13.2. The van der Waals surface area contributed by atoms with Crippen LogP contribution in [0.15, 0.2) is 121 Å². The predicted octanol–water partition coefficient (Wildman–Crippen LogP) is 5.75. The van der Waals surface area contributed by atoms with Crippen molar-refractivity contribution in [3.8, 4) is 0 Å². The summed E-state index contributed by atoms with van der Waals surface area (Å²) in [4.78, 5) is 0. The minimum absolute atomic E-state index is 0. The summed E-state index contributed by atoms with van der Waals surface area (Å²) >= 11 is 0. The molecule has 0 nitrogen and oxygen atoms in total. The Morgan fingerprint density at radius 2 is 1.13 bits per heavy atom. The van der Waals surface area contributed by atoms with E-state index >= 15 is 0 Å². The zero-order valence-electron chi connectivity index (χ0n) is 26.9. The van der Waals surface area contributed by atoms with E-state index in [4.69, 9.17) is 0 Å². The molecule has 46 heavy (non-hydrogen) atoms. The van der Waals surface area contributed by atoms with Crippen LogP contribution >= 0.6 is 0 Å². The van der Waals surface area contributed by atoms with Crippen molar-refractivity contribution in [2.75, 3.05) is 0 Å². The van der Waals surface area contributed by atoms with E-state index in [0.717, 1.165) is 22.8 Å². The van der Waals surface area contributed by atoms with Crippen molar-refractivity contribution in [1.82, 2.24) is 0 Å². The molecular formula is C40H37Cl2F3Zr. The summed E-state index contributed by atoms with van der Waals surface area (Å²) < 4.78 is 38.9. The van der Waals surface area contributed by atoms with Crippen LogP contribution in [-0.4, -0.2) is 0 Å². The Bertz CT molecular complexity index is 1780. The van der Waals surface area contributed by atoms with Crippen LogP contribution in [0.4, 0.5) is 13.2 Å². The molecule has 0 aromatic heterocycles. The molecule has 0 bridgehead atoms. The molecule has 0 saturated carbocycles. The molecule has 5 aromatic rings. The van der Waals surface area contributed by atoms with Gasteiger partial charge in [-0.05, 0) is 10.8 Å². The van der Waals surface area contributed by atoms with Crippen molar-refractivity contribution in [3.05, 3.63) is 155 Å². The van der Waals surface area contributed by atoms with Crippen LogP contribution in [0.2, 0.25) is 0 Å². The van der Waals surface area contributed by atoms with Gasteiger partial charge >= 0.3 is 32.4 Å². The van der Waals surface area contributed by atoms with Gasteiger partial charge in [0, 0.05) is 0 Å². The minimum Gasteiger partial charge on any atom is -1.00 e. The fraction of sp³-hybridized carbons (Fsp3) is 0.225. The van der Waals surface area contributed by atoms with Crippen molar-refractivity contribution < 1.29 is 64.2 Å². The third-order valence-corrected chi connectivity index (χ3v) is 7.85. The Labute approximate surface area is 302 Å². The Hall–Kier alpha value is -2.78.